The summed E-state index contributed by atoms with van der Waals surface area (Å²) in [5.74, 6) is -0.354. The van der Waals surface area contributed by atoms with Crippen molar-refractivity contribution < 1.29 is 9.18 Å². The van der Waals surface area contributed by atoms with Crippen LogP contribution < -0.4 is 5.32 Å². The Hall–Kier alpha value is -1.76. The van der Waals surface area contributed by atoms with E-state index in [1.54, 1.807) is 28.8 Å². The molecule has 2 aliphatic rings. The molecular weight excluding hydrogens is 303 g/mol. The van der Waals surface area contributed by atoms with E-state index in [2.05, 4.69) is 22.1 Å². The average molecular weight is 322 g/mol. The molecule has 0 bridgehead atoms. The summed E-state index contributed by atoms with van der Waals surface area (Å²) in [7, 11) is 0. The number of aliphatic imine (C=N–C) groups is 1. The maximum Gasteiger partial charge on any atom is 0.321 e. The molecule has 1 saturated heterocycles. The molecule has 1 aromatic carbocycles. The summed E-state index contributed by atoms with van der Waals surface area (Å²) in [6, 6.07) is 5.76. The normalized spacial score (nSPS) is 21.7. The van der Waals surface area contributed by atoms with Crippen molar-refractivity contribution in [1.82, 2.24) is 9.80 Å². The number of amides is 2. The second kappa shape index (κ2) is 6.56. The highest BCUT2D eigenvalue weighted by Gasteiger charge is 2.26. The van der Waals surface area contributed by atoms with Crippen LogP contribution in [0, 0.1) is 5.82 Å². The van der Waals surface area contributed by atoms with Crippen molar-refractivity contribution in [1.29, 1.82) is 0 Å². The predicted molar refractivity (Wildman–Crippen MR) is 87.9 cm³/mol. The standard InChI is InChI=1S/C15H19FN4OS/c1-11-10-17-15(22-11)20-7-5-19(6-8-20)14(21)18-13-4-2-3-12(16)9-13/h2-4,9,11H,5-8,10H2,1H3,(H,18,21). The predicted octanol–water partition coefficient (Wildman–Crippen LogP) is 2.47. The van der Waals surface area contributed by atoms with Crippen LogP contribution in [0.25, 0.3) is 0 Å². The number of urea groups is 1. The van der Waals surface area contributed by atoms with E-state index in [1.165, 1.54) is 12.1 Å². The van der Waals surface area contributed by atoms with Crippen LogP contribution in [0.15, 0.2) is 29.3 Å². The summed E-state index contributed by atoms with van der Waals surface area (Å²) in [6.07, 6.45) is 0. The first-order chi connectivity index (χ1) is 10.6. The quantitative estimate of drug-likeness (QED) is 0.864. The van der Waals surface area contributed by atoms with Crippen molar-refractivity contribution in [3.05, 3.63) is 30.1 Å². The SMILES string of the molecule is CC1CN=C(N2CCN(C(=O)Nc3cccc(F)c3)CC2)S1. The number of amidine groups is 1. The highest BCUT2D eigenvalue weighted by Crippen LogP contribution is 2.23. The topological polar surface area (TPSA) is 47.9 Å². The summed E-state index contributed by atoms with van der Waals surface area (Å²) >= 11 is 1.80. The number of halogens is 1. The summed E-state index contributed by atoms with van der Waals surface area (Å²) in [5.41, 5.74) is 0.483. The van der Waals surface area contributed by atoms with Gasteiger partial charge in [-0.3, -0.25) is 4.99 Å². The summed E-state index contributed by atoms with van der Waals surface area (Å²) in [4.78, 5) is 20.7. The fraction of sp³-hybridized carbons (Fsp3) is 0.467. The molecule has 7 heteroatoms. The minimum absolute atomic E-state index is 0.181. The van der Waals surface area contributed by atoms with Crippen molar-refractivity contribution in [3.63, 3.8) is 0 Å². The van der Waals surface area contributed by atoms with E-state index in [9.17, 15) is 9.18 Å². The molecule has 1 aromatic rings. The lowest BCUT2D eigenvalue weighted by Crippen LogP contribution is -2.51. The van der Waals surface area contributed by atoms with Crippen molar-refractivity contribution in [2.45, 2.75) is 12.2 Å². The van der Waals surface area contributed by atoms with Crippen LogP contribution in [0.4, 0.5) is 14.9 Å². The zero-order valence-corrected chi connectivity index (χ0v) is 13.3. The fourth-order valence-electron chi connectivity index (χ4n) is 2.51. The van der Waals surface area contributed by atoms with Gasteiger partial charge in [-0.25, -0.2) is 9.18 Å². The van der Waals surface area contributed by atoms with Gasteiger partial charge < -0.3 is 15.1 Å². The molecule has 0 saturated carbocycles. The Balaban J connectivity index is 1.52. The van der Waals surface area contributed by atoms with Gasteiger partial charge in [-0.15, -0.1) is 0 Å². The molecule has 1 fully saturated rings. The first-order valence-electron chi connectivity index (χ1n) is 7.39. The molecule has 1 atom stereocenters. The number of anilines is 1. The van der Waals surface area contributed by atoms with Gasteiger partial charge in [-0.1, -0.05) is 24.8 Å². The maximum atomic E-state index is 13.1. The van der Waals surface area contributed by atoms with Gasteiger partial charge in [0.15, 0.2) is 5.17 Å². The molecule has 0 aliphatic carbocycles. The fourth-order valence-corrected chi connectivity index (χ4v) is 3.49. The zero-order chi connectivity index (χ0) is 15.5. The molecule has 0 aromatic heterocycles. The number of piperazine rings is 1. The van der Waals surface area contributed by atoms with Crippen LogP contribution in [-0.4, -0.2) is 59.0 Å². The van der Waals surface area contributed by atoms with E-state index in [0.29, 0.717) is 24.0 Å². The molecule has 3 rings (SSSR count). The Morgan fingerprint density at radius 3 is 2.77 bits per heavy atom. The number of thioether (sulfide) groups is 1. The Kier molecular flexibility index (Phi) is 4.52. The number of hydrogen-bond acceptors (Lipinski definition) is 4. The molecule has 0 spiro atoms. The zero-order valence-electron chi connectivity index (χ0n) is 12.5. The largest absolute Gasteiger partial charge is 0.348 e. The molecule has 1 unspecified atom stereocenters. The third-order valence-corrected chi connectivity index (χ3v) is 4.85. The Labute approximate surface area is 133 Å². The van der Waals surface area contributed by atoms with E-state index < -0.39 is 0 Å². The number of hydrogen-bond donors (Lipinski definition) is 1. The number of nitrogens with zero attached hydrogens (tertiary/aromatic N) is 3. The third kappa shape index (κ3) is 3.52. The summed E-state index contributed by atoms with van der Waals surface area (Å²) in [6.45, 7) is 5.92. The minimum atomic E-state index is -0.354. The van der Waals surface area contributed by atoms with Gasteiger partial charge >= 0.3 is 6.03 Å². The van der Waals surface area contributed by atoms with E-state index in [-0.39, 0.29) is 11.8 Å². The van der Waals surface area contributed by atoms with Gasteiger partial charge in [0, 0.05) is 37.1 Å². The van der Waals surface area contributed by atoms with E-state index in [0.717, 1.165) is 24.8 Å². The summed E-state index contributed by atoms with van der Waals surface area (Å²) in [5, 5.41) is 4.38. The van der Waals surface area contributed by atoms with E-state index in [4.69, 9.17) is 0 Å². The number of benzene rings is 1. The first-order valence-corrected chi connectivity index (χ1v) is 8.27. The Morgan fingerprint density at radius 2 is 2.14 bits per heavy atom. The Morgan fingerprint density at radius 1 is 1.36 bits per heavy atom. The highest BCUT2D eigenvalue weighted by atomic mass is 32.2. The number of nitrogens with one attached hydrogen (secondary N) is 1. The lowest BCUT2D eigenvalue weighted by molar-refractivity contribution is 0.182. The molecule has 22 heavy (non-hydrogen) atoms. The van der Waals surface area contributed by atoms with Gasteiger partial charge in [0.2, 0.25) is 0 Å². The van der Waals surface area contributed by atoms with Gasteiger partial charge in [-0.05, 0) is 18.2 Å². The number of carbonyl (C=O) groups is 1. The first kappa shape index (κ1) is 15.1. The van der Waals surface area contributed by atoms with Gasteiger partial charge in [0.1, 0.15) is 5.82 Å². The number of rotatable bonds is 1. The van der Waals surface area contributed by atoms with Gasteiger partial charge in [-0.2, -0.15) is 0 Å². The smallest absolute Gasteiger partial charge is 0.321 e. The summed E-state index contributed by atoms with van der Waals surface area (Å²) < 4.78 is 13.1. The van der Waals surface area contributed by atoms with Crippen LogP contribution in [0.1, 0.15) is 6.92 Å². The average Bonchev–Trinajstić information content (AvgIpc) is 2.94. The lowest BCUT2D eigenvalue weighted by atomic mass is 10.3. The van der Waals surface area contributed by atoms with Crippen LogP contribution in [0.2, 0.25) is 0 Å². The van der Waals surface area contributed by atoms with Crippen molar-refractivity contribution >= 4 is 28.6 Å². The number of carbonyl (C=O) groups excluding carboxylic acids is 1. The van der Waals surface area contributed by atoms with Crippen molar-refractivity contribution in [3.8, 4) is 0 Å². The molecule has 2 amide bonds. The van der Waals surface area contributed by atoms with Crippen LogP contribution >= 0.6 is 11.8 Å². The third-order valence-electron chi connectivity index (χ3n) is 3.70. The molecular formula is C15H19FN4OS. The second-order valence-corrected chi connectivity index (χ2v) is 6.87. The molecule has 2 aliphatic heterocycles. The van der Waals surface area contributed by atoms with Crippen LogP contribution in [0.5, 0.6) is 0 Å². The van der Waals surface area contributed by atoms with Crippen molar-refractivity contribution in [2.75, 3.05) is 38.0 Å². The highest BCUT2D eigenvalue weighted by molar-refractivity contribution is 8.14. The van der Waals surface area contributed by atoms with E-state index in [1.807, 2.05) is 0 Å². The van der Waals surface area contributed by atoms with Gasteiger partial charge in [0.05, 0.1) is 6.54 Å². The van der Waals surface area contributed by atoms with Crippen LogP contribution in [0.3, 0.4) is 0 Å². The maximum absolute atomic E-state index is 13.1. The monoisotopic (exact) mass is 322 g/mol. The molecule has 0 radical (unpaired) electrons. The second-order valence-electron chi connectivity index (χ2n) is 5.47. The molecule has 2 heterocycles. The van der Waals surface area contributed by atoms with Crippen LogP contribution in [-0.2, 0) is 0 Å². The van der Waals surface area contributed by atoms with Crippen molar-refractivity contribution in [2.24, 2.45) is 4.99 Å². The molecule has 1 N–H and O–H groups in total. The van der Waals surface area contributed by atoms with Gasteiger partial charge in [0.25, 0.3) is 0 Å². The Bertz CT molecular complexity index is 587. The molecule has 118 valence electrons. The van der Waals surface area contributed by atoms with E-state index >= 15 is 0 Å². The molecule has 5 nitrogen and oxygen atoms in total. The lowest BCUT2D eigenvalue weighted by Gasteiger charge is -2.35. The minimum Gasteiger partial charge on any atom is -0.348 e.